The molecule has 0 atom stereocenters. The second-order valence-corrected chi connectivity index (χ2v) is 3.81. The standard InChI is InChI=1S/C13H18O3/c1-5-12(14)11-7-6-10(15-4)8-13(11)16-9(2)3/h6-9H,5H2,1-4H3. The maximum Gasteiger partial charge on any atom is 0.166 e. The largest absolute Gasteiger partial charge is 0.497 e. The summed E-state index contributed by atoms with van der Waals surface area (Å²) in [5.41, 5.74) is 0.622. The summed E-state index contributed by atoms with van der Waals surface area (Å²) >= 11 is 0. The molecular weight excluding hydrogens is 204 g/mol. The quantitative estimate of drug-likeness (QED) is 0.718. The molecule has 1 aromatic rings. The molecule has 1 rings (SSSR count). The van der Waals surface area contributed by atoms with E-state index in [-0.39, 0.29) is 11.9 Å². The maximum atomic E-state index is 11.7. The number of benzene rings is 1. The maximum absolute atomic E-state index is 11.7. The van der Waals surface area contributed by atoms with Crippen LogP contribution in [0.3, 0.4) is 0 Å². The summed E-state index contributed by atoms with van der Waals surface area (Å²) in [6.07, 6.45) is 0.511. The summed E-state index contributed by atoms with van der Waals surface area (Å²) in [6.45, 7) is 5.70. The van der Waals surface area contributed by atoms with Gasteiger partial charge in [-0.05, 0) is 26.0 Å². The second kappa shape index (κ2) is 5.54. The Bertz CT molecular complexity index is 369. The number of hydrogen-bond donors (Lipinski definition) is 0. The second-order valence-electron chi connectivity index (χ2n) is 3.81. The first-order valence-corrected chi connectivity index (χ1v) is 5.46. The summed E-state index contributed by atoms with van der Waals surface area (Å²) in [5.74, 6) is 1.38. The SMILES string of the molecule is CCC(=O)c1ccc(OC)cc1OC(C)C. The summed E-state index contributed by atoms with van der Waals surface area (Å²) in [4.78, 5) is 11.7. The van der Waals surface area contributed by atoms with Gasteiger partial charge in [0.15, 0.2) is 5.78 Å². The summed E-state index contributed by atoms with van der Waals surface area (Å²) in [7, 11) is 1.59. The molecular formula is C13H18O3. The number of rotatable bonds is 5. The van der Waals surface area contributed by atoms with Crippen molar-refractivity contribution in [3.8, 4) is 11.5 Å². The van der Waals surface area contributed by atoms with Crippen LogP contribution in [0.25, 0.3) is 0 Å². The zero-order valence-electron chi connectivity index (χ0n) is 10.2. The van der Waals surface area contributed by atoms with Gasteiger partial charge in [-0.2, -0.15) is 0 Å². The lowest BCUT2D eigenvalue weighted by Gasteiger charge is -2.14. The van der Waals surface area contributed by atoms with Crippen molar-refractivity contribution in [2.45, 2.75) is 33.3 Å². The van der Waals surface area contributed by atoms with Crippen molar-refractivity contribution in [3.05, 3.63) is 23.8 Å². The van der Waals surface area contributed by atoms with Crippen molar-refractivity contribution in [2.24, 2.45) is 0 Å². The molecule has 0 bridgehead atoms. The van der Waals surface area contributed by atoms with Crippen LogP contribution in [0.4, 0.5) is 0 Å². The molecule has 0 saturated carbocycles. The van der Waals surface area contributed by atoms with Crippen molar-refractivity contribution >= 4 is 5.78 Å². The van der Waals surface area contributed by atoms with Gasteiger partial charge >= 0.3 is 0 Å². The van der Waals surface area contributed by atoms with Crippen LogP contribution in [0, 0.1) is 0 Å². The highest BCUT2D eigenvalue weighted by Crippen LogP contribution is 2.26. The first-order valence-electron chi connectivity index (χ1n) is 5.46. The minimum Gasteiger partial charge on any atom is -0.497 e. The van der Waals surface area contributed by atoms with Crippen LogP contribution < -0.4 is 9.47 Å². The summed E-state index contributed by atoms with van der Waals surface area (Å²) < 4.78 is 10.7. The number of carbonyl (C=O) groups excluding carboxylic acids is 1. The lowest BCUT2D eigenvalue weighted by molar-refractivity contribution is 0.0982. The molecule has 0 aliphatic carbocycles. The predicted octanol–water partition coefficient (Wildman–Crippen LogP) is 3.08. The third-order valence-electron chi connectivity index (χ3n) is 2.17. The highest BCUT2D eigenvalue weighted by atomic mass is 16.5. The Morgan fingerprint density at radius 2 is 2.06 bits per heavy atom. The minimum atomic E-state index is 0.0375. The Morgan fingerprint density at radius 3 is 2.56 bits per heavy atom. The van der Waals surface area contributed by atoms with E-state index in [2.05, 4.69) is 0 Å². The molecule has 0 aliphatic heterocycles. The first kappa shape index (κ1) is 12.6. The summed E-state index contributed by atoms with van der Waals surface area (Å²) in [6, 6.07) is 5.28. The van der Waals surface area contributed by atoms with E-state index in [0.29, 0.717) is 23.5 Å². The molecule has 3 nitrogen and oxygen atoms in total. The Balaban J connectivity index is 3.10. The lowest BCUT2D eigenvalue weighted by Crippen LogP contribution is -2.10. The highest BCUT2D eigenvalue weighted by Gasteiger charge is 2.13. The third kappa shape index (κ3) is 2.99. The van der Waals surface area contributed by atoms with Crippen LogP contribution in [0.5, 0.6) is 11.5 Å². The molecule has 0 saturated heterocycles. The fourth-order valence-electron chi connectivity index (χ4n) is 1.40. The monoisotopic (exact) mass is 222 g/mol. The first-order chi connectivity index (χ1) is 7.58. The van der Waals surface area contributed by atoms with E-state index in [1.54, 1.807) is 25.3 Å². The van der Waals surface area contributed by atoms with Gasteiger partial charge in [-0.1, -0.05) is 6.92 Å². The Kier molecular flexibility index (Phi) is 4.35. The molecule has 0 amide bonds. The van der Waals surface area contributed by atoms with E-state index < -0.39 is 0 Å². The van der Waals surface area contributed by atoms with Crippen LogP contribution in [-0.2, 0) is 0 Å². The lowest BCUT2D eigenvalue weighted by atomic mass is 10.1. The molecule has 3 heteroatoms. The molecule has 0 radical (unpaired) electrons. The average Bonchev–Trinajstić information content (AvgIpc) is 2.27. The molecule has 88 valence electrons. The van der Waals surface area contributed by atoms with Gasteiger partial charge in [0, 0.05) is 12.5 Å². The van der Waals surface area contributed by atoms with Crippen LogP contribution in [0.1, 0.15) is 37.6 Å². The number of ether oxygens (including phenoxy) is 2. The van der Waals surface area contributed by atoms with E-state index in [1.807, 2.05) is 20.8 Å². The number of hydrogen-bond acceptors (Lipinski definition) is 3. The van der Waals surface area contributed by atoms with Crippen molar-refractivity contribution < 1.29 is 14.3 Å². The van der Waals surface area contributed by atoms with Gasteiger partial charge in [0.1, 0.15) is 11.5 Å². The number of carbonyl (C=O) groups is 1. The molecule has 0 fully saturated rings. The highest BCUT2D eigenvalue weighted by molar-refractivity contribution is 5.98. The Labute approximate surface area is 96.4 Å². The van der Waals surface area contributed by atoms with Gasteiger partial charge in [-0.25, -0.2) is 0 Å². The molecule has 0 unspecified atom stereocenters. The van der Waals surface area contributed by atoms with Gasteiger partial charge in [-0.3, -0.25) is 4.79 Å². The fourth-order valence-corrected chi connectivity index (χ4v) is 1.40. The molecule has 16 heavy (non-hydrogen) atoms. The molecule has 0 aromatic heterocycles. The smallest absolute Gasteiger partial charge is 0.166 e. The van der Waals surface area contributed by atoms with Gasteiger partial charge in [0.05, 0.1) is 18.8 Å². The van der Waals surface area contributed by atoms with Crippen LogP contribution >= 0.6 is 0 Å². The Morgan fingerprint density at radius 1 is 1.38 bits per heavy atom. The van der Waals surface area contributed by atoms with Crippen molar-refractivity contribution in [3.63, 3.8) is 0 Å². The van der Waals surface area contributed by atoms with E-state index in [1.165, 1.54) is 0 Å². The number of methoxy groups -OCH3 is 1. The number of Topliss-reactive ketones (excluding diaryl/α,β-unsaturated/α-hetero) is 1. The van der Waals surface area contributed by atoms with Gasteiger partial charge in [0.2, 0.25) is 0 Å². The van der Waals surface area contributed by atoms with E-state index in [9.17, 15) is 4.79 Å². The van der Waals surface area contributed by atoms with Crippen LogP contribution in [0.2, 0.25) is 0 Å². The normalized spacial score (nSPS) is 10.3. The zero-order valence-corrected chi connectivity index (χ0v) is 10.2. The van der Waals surface area contributed by atoms with Crippen molar-refractivity contribution in [1.82, 2.24) is 0 Å². The van der Waals surface area contributed by atoms with Crippen molar-refractivity contribution in [2.75, 3.05) is 7.11 Å². The van der Waals surface area contributed by atoms with Crippen LogP contribution in [0.15, 0.2) is 18.2 Å². The number of ketones is 1. The third-order valence-corrected chi connectivity index (χ3v) is 2.17. The van der Waals surface area contributed by atoms with E-state index in [0.717, 1.165) is 0 Å². The zero-order chi connectivity index (χ0) is 12.1. The molecule has 0 N–H and O–H groups in total. The van der Waals surface area contributed by atoms with E-state index >= 15 is 0 Å². The van der Waals surface area contributed by atoms with Gasteiger partial charge in [0.25, 0.3) is 0 Å². The summed E-state index contributed by atoms with van der Waals surface area (Å²) in [5, 5.41) is 0. The molecule has 1 aromatic carbocycles. The van der Waals surface area contributed by atoms with Crippen LogP contribution in [-0.4, -0.2) is 19.0 Å². The topological polar surface area (TPSA) is 35.5 Å². The van der Waals surface area contributed by atoms with E-state index in [4.69, 9.17) is 9.47 Å². The van der Waals surface area contributed by atoms with Crippen molar-refractivity contribution in [1.29, 1.82) is 0 Å². The Hall–Kier alpha value is -1.51. The van der Waals surface area contributed by atoms with Gasteiger partial charge in [-0.15, -0.1) is 0 Å². The fraction of sp³-hybridized carbons (Fsp3) is 0.462. The van der Waals surface area contributed by atoms with Gasteiger partial charge < -0.3 is 9.47 Å². The predicted molar refractivity (Wildman–Crippen MR) is 63.4 cm³/mol. The molecule has 0 spiro atoms. The average molecular weight is 222 g/mol. The minimum absolute atomic E-state index is 0.0375. The molecule has 0 heterocycles. The molecule has 0 aliphatic rings.